The number of pyridine rings is 1. The van der Waals surface area contributed by atoms with Crippen molar-refractivity contribution in [2.24, 2.45) is 11.3 Å². The van der Waals surface area contributed by atoms with Crippen molar-refractivity contribution >= 4 is 11.6 Å². The highest BCUT2D eigenvalue weighted by Crippen LogP contribution is 2.35. The minimum Gasteiger partial charge on any atom is -0.507 e. The molecule has 8 nitrogen and oxygen atoms in total. The number of nitrogens with zero attached hydrogens (tertiary/aromatic N) is 2. The summed E-state index contributed by atoms with van der Waals surface area (Å²) in [5.74, 6) is 0.200. The predicted octanol–water partition coefficient (Wildman–Crippen LogP) is 5.27. The van der Waals surface area contributed by atoms with Crippen molar-refractivity contribution in [2.45, 2.75) is 77.8 Å². The maximum Gasteiger partial charge on any atom is 0.273 e. The van der Waals surface area contributed by atoms with Gasteiger partial charge in [-0.15, -0.1) is 0 Å². The quantitative estimate of drug-likeness (QED) is 0.314. The number of aromatic nitrogens is 1. The number of hydrogen-bond donors (Lipinski definition) is 3. The fraction of sp³-hybridized carbons (Fsp3) is 0.556. The summed E-state index contributed by atoms with van der Waals surface area (Å²) < 4.78 is 0. The minimum atomic E-state index is -0.523. The van der Waals surface area contributed by atoms with Gasteiger partial charge in [-0.3, -0.25) is 19.9 Å². The number of amides is 1. The zero-order chi connectivity index (χ0) is 25.4. The van der Waals surface area contributed by atoms with Crippen molar-refractivity contribution in [1.82, 2.24) is 15.6 Å². The second-order valence-corrected chi connectivity index (χ2v) is 10.7. The van der Waals surface area contributed by atoms with E-state index < -0.39 is 11.0 Å². The molecule has 8 heteroatoms. The smallest absolute Gasteiger partial charge is 0.273 e. The molecule has 190 valence electrons. The van der Waals surface area contributed by atoms with Crippen LogP contribution in [0.15, 0.2) is 42.7 Å². The molecule has 2 atom stereocenters. The summed E-state index contributed by atoms with van der Waals surface area (Å²) in [6.07, 6.45) is 10.2. The molecule has 3 N–H and O–H groups in total. The Hall–Kier alpha value is -3.00. The number of benzene rings is 1. The zero-order valence-electron chi connectivity index (χ0n) is 21.0. The van der Waals surface area contributed by atoms with Gasteiger partial charge in [0.2, 0.25) is 5.91 Å². The molecule has 1 aromatic heterocycles. The average Bonchev–Trinajstić information content (AvgIpc) is 2.82. The van der Waals surface area contributed by atoms with Crippen molar-refractivity contribution in [1.29, 1.82) is 0 Å². The van der Waals surface area contributed by atoms with Crippen LogP contribution in [0.3, 0.4) is 0 Å². The number of nitrogens with one attached hydrogen (secondary N) is 2. The molecule has 0 spiro atoms. The number of rotatable bonds is 10. The van der Waals surface area contributed by atoms with Crippen LogP contribution in [0.25, 0.3) is 0 Å². The summed E-state index contributed by atoms with van der Waals surface area (Å²) in [7, 11) is 0. The van der Waals surface area contributed by atoms with E-state index >= 15 is 0 Å². The lowest BCUT2D eigenvalue weighted by Crippen LogP contribution is -2.43. The fourth-order valence-electron chi connectivity index (χ4n) is 4.77. The Morgan fingerprint density at radius 2 is 1.86 bits per heavy atom. The van der Waals surface area contributed by atoms with Crippen LogP contribution in [0.5, 0.6) is 5.75 Å². The molecule has 0 bridgehead atoms. The average molecular weight is 483 g/mol. The molecule has 35 heavy (non-hydrogen) atoms. The molecule has 2 aromatic rings. The van der Waals surface area contributed by atoms with Gasteiger partial charge in [0.15, 0.2) is 0 Å². The predicted molar refractivity (Wildman–Crippen MR) is 136 cm³/mol. The van der Waals surface area contributed by atoms with Gasteiger partial charge in [0.1, 0.15) is 5.75 Å². The van der Waals surface area contributed by atoms with E-state index in [9.17, 15) is 20.0 Å². The summed E-state index contributed by atoms with van der Waals surface area (Å²) in [6, 6.07) is 7.36. The first-order valence-electron chi connectivity index (χ1n) is 12.5. The first kappa shape index (κ1) is 26.6. The number of carbonyl (C=O) groups excluding carboxylic acids is 1. The Balaban J connectivity index is 1.86. The van der Waals surface area contributed by atoms with E-state index in [2.05, 4.69) is 36.4 Å². The lowest BCUT2D eigenvalue weighted by atomic mass is 9.81. The number of phenols is 1. The number of phenolic OH excluding ortho intramolecular Hbond substituents is 1. The van der Waals surface area contributed by atoms with Crippen molar-refractivity contribution in [3.05, 3.63) is 64.0 Å². The fourth-order valence-corrected chi connectivity index (χ4v) is 4.77. The van der Waals surface area contributed by atoms with Crippen LogP contribution in [0.2, 0.25) is 0 Å². The molecule has 3 rings (SSSR count). The van der Waals surface area contributed by atoms with E-state index in [0.717, 1.165) is 37.7 Å². The Labute approximate surface area is 207 Å². The molecular formula is C27H38N4O4. The normalized spacial score (nSPS) is 16.4. The molecule has 2 unspecified atom stereocenters. The third-order valence-corrected chi connectivity index (χ3v) is 6.78. The highest BCUT2D eigenvalue weighted by atomic mass is 16.6. The topological polar surface area (TPSA) is 117 Å². The standard InChI is InChI=1S/C27H38N4O4/c1-27(2,3)13-16-29-25(33)18-23(19-7-5-4-6-8-19)30-26(20-11-14-28-15-12-20)22-10-9-21(31(34)35)17-24(22)32/h9-12,14-15,17,19,23,26,30,32H,4-8,13,16,18H2,1-3H3,(H,29,33). The Bertz CT molecular complexity index is 984. The summed E-state index contributed by atoms with van der Waals surface area (Å²) in [6.45, 7) is 7.10. The maximum atomic E-state index is 12.9. The van der Waals surface area contributed by atoms with E-state index in [0.29, 0.717) is 24.4 Å². The molecule has 0 aliphatic heterocycles. The third-order valence-electron chi connectivity index (χ3n) is 6.78. The third kappa shape index (κ3) is 8.02. The number of nitro benzene ring substituents is 1. The molecule has 1 aliphatic carbocycles. The molecule has 1 fully saturated rings. The van der Waals surface area contributed by atoms with E-state index in [-0.39, 0.29) is 28.8 Å². The lowest BCUT2D eigenvalue weighted by molar-refractivity contribution is -0.384. The Morgan fingerprint density at radius 3 is 2.46 bits per heavy atom. The molecule has 1 aliphatic rings. The number of non-ortho nitro benzene ring substituents is 1. The van der Waals surface area contributed by atoms with Gasteiger partial charge in [0.25, 0.3) is 5.69 Å². The molecule has 1 saturated carbocycles. The van der Waals surface area contributed by atoms with Crippen LogP contribution >= 0.6 is 0 Å². The molecule has 1 aromatic carbocycles. The van der Waals surface area contributed by atoms with Crippen LogP contribution in [-0.4, -0.2) is 33.5 Å². The first-order chi connectivity index (χ1) is 16.6. The zero-order valence-corrected chi connectivity index (χ0v) is 21.0. The largest absolute Gasteiger partial charge is 0.507 e. The SMILES string of the molecule is CC(C)(C)CCNC(=O)CC(NC(c1ccncc1)c1ccc([N+](=O)[O-])cc1O)C1CCCCC1. The highest BCUT2D eigenvalue weighted by Gasteiger charge is 2.30. The van der Waals surface area contributed by atoms with E-state index in [1.54, 1.807) is 18.5 Å². The number of hydrogen-bond acceptors (Lipinski definition) is 6. The van der Waals surface area contributed by atoms with Gasteiger partial charge in [-0.2, -0.15) is 0 Å². The van der Waals surface area contributed by atoms with Crippen molar-refractivity contribution in [3.63, 3.8) is 0 Å². The summed E-state index contributed by atoms with van der Waals surface area (Å²) in [5, 5.41) is 28.7. The van der Waals surface area contributed by atoms with Gasteiger partial charge in [-0.25, -0.2) is 0 Å². The molecule has 0 saturated heterocycles. The Kier molecular flexibility index (Phi) is 9.20. The van der Waals surface area contributed by atoms with Gasteiger partial charge in [0, 0.05) is 43.0 Å². The molecule has 1 heterocycles. The second kappa shape index (κ2) is 12.1. The first-order valence-corrected chi connectivity index (χ1v) is 12.5. The van der Waals surface area contributed by atoms with Crippen LogP contribution < -0.4 is 10.6 Å². The number of nitro groups is 1. The van der Waals surface area contributed by atoms with Gasteiger partial charge >= 0.3 is 0 Å². The minimum absolute atomic E-state index is 0.0127. The highest BCUT2D eigenvalue weighted by molar-refractivity contribution is 5.76. The molecule has 0 radical (unpaired) electrons. The summed E-state index contributed by atoms with van der Waals surface area (Å²) >= 11 is 0. The summed E-state index contributed by atoms with van der Waals surface area (Å²) in [5.41, 5.74) is 1.39. The van der Waals surface area contributed by atoms with Crippen molar-refractivity contribution in [3.8, 4) is 5.75 Å². The van der Waals surface area contributed by atoms with Gasteiger partial charge < -0.3 is 15.7 Å². The Morgan fingerprint density at radius 1 is 1.17 bits per heavy atom. The van der Waals surface area contributed by atoms with Crippen LogP contribution in [-0.2, 0) is 4.79 Å². The second-order valence-electron chi connectivity index (χ2n) is 10.7. The van der Waals surface area contributed by atoms with Crippen LogP contribution in [0, 0.1) is 21.4 Å². The van der Waals surface area contributed by atoms with E-state index in [1.165, 1.54) is 18.6 Å². The number of aromatic hydroxyl groups is 1. The number of carbonyl (C=O) groups is 1. The monoisotopic (exact) mass is 482 g/mol. The molecular weight excluding hydrogens is 444 g/mol. The van der Waals surface area contributed by atoms with E-state index in [4.69, 9.17) is 0 Å². The molecule has 1 amide bonds. The van der Waals surface area contributed by atoms with Gasteiger partial charge in [0.05, 0.1) is 17.0 Å². The van der Waals surface area contributed by atoms with Crippen molar-refractivity contribution < 1.29 is 14.8 Å². The van der Waals surface area contributed by atoms with Crippen molar-refractivity contribution in [2.75, 3.05) is 6.54 Å². The van der Waals surface area contributed by atoms with Crippen LogP contribution in [0.4, 0.5) is 5.69 Å². The maximum absolute atomic E-state index is 12.9. The lowest BCUT2D eigenvalue weighted by Gasteiger charge is -2.34. The summed E-state index contributed by atoms with van der Waals surface area (Å²) in [4.78, 5) is 27.7. The van der Waals surface area contributed by atoms with E-state index in [1.807, 2.05) is 12.1 Å². The van der Waals surface area contributed by atoms with Gasteiger partial charge in [-0.1, -0.05) is 40.0 Å². The van der Waals surface area contributed by atoms with Gasteiger partial charge in [-0.05, 0) is 54.4 Å². The van der Waals surface area contributed by atoms with Crippen LogP contribution in [0.1, 0.15) is 82.9 Å².